The van der Waals surface area contributed by atoms with Crippen LogP contribution in [-0.4, -0.2) is 38.2 Å². The molecular weight excluding hydrogens is 358 g/mol. The molecule has 1 N–H and O–H groups in total. The van der Waals surface area contributed by atoms with Crippen LogP contribution in [0.25, 0.3) is 10.9 Å². The molecule has 1 saturated carbocycles. The van der Waals surface area contributed by atoms with Crippen molar-refractivity contribution in [3.8, 4) is 0 Å². The predicted molar refractivity (Wildman–Crippen MR) is 117 cm³/mol. The molecule has 2 aromatic heterocycles. The van der Waals surface area contributed by atoms with Crippen LogP contribution in [0.5, 0.6) is 0 Å². The van der Waals surface area contributed by atoms with Gasteiger partial charge in [-0.15, -0.1) is 0 Å². The number of aromatic nitrogens is 2. The fraction of sp³-hybridized carbons (Fsp3) is 0.480. The Kier molecular flexibility index (Phi) is 4.92. The first-order valence-corrected chi connectivity index (χ1v) is 11.0. The molecule has 1 aromatic carbocycles. The largest absolute Gasteiger partial charge is 0.393 e. The molecule has 0 radical (unpaired) electrons. The molecule has 2 atom stereocenters. The molecule has 3 aromatic rings. The van der Waals surface area contributed by atoms with Gasteiger partial charge < -0.3 is 9.67 Å². The van der Waals surface area contributed by atoms with Crippen molar-refractivity contribution >= 4 is 10.9 Å². The molecule has 2 aliphatic rings. The van der Waals surface area contributed by atoms with Gasteiger partial charge in [0.2, 0.25) is 0 Å². The van der Waals surface area contributed by atoms with E-state index in [0.29, 0.717) is 6.04 Å². The lowest BCUT2D eigenvalue weighted by Crippen LogP contribution is -2.38. The van der Waals surface area contributed by atoms with Crippen LogP contribution in [-0.2, 0) is 25.9 Å². The fourth-order valence-corrected chi connectivity index (χ4v) is 5.31. The highest BCUT2D eigenvalue weighted by Gasteiger charge is 2.32. The molecular formula is C25H31N3O. The van der Waals surface area contributed by atoms with Gasteiger partial charge in [-0.2, -0.15) is 0 Å². The Morgan fingerprint density at radius 2 is 2.03 bits per heavy atom. The molecule has 0 saturated heterocycles. The lowest BCUT2D eigenvalue weighted by atomic mass is 10.0. The maximum absolute atomic E-state index is 10.00. The average molecular weight is 390 g/mol. The Labute approximate surface area is 173 Å². The van der Waals surface area contributed by atoms with E-state index in [2.05, 4.69) is 51.7 Å². The number of benzene rings is 1. The van der Waals surface area contributed by atoms with Crippen LogP contribution >= 0.6 is 0 Å². The van der Waals surface area contributed by atoms with Crippen molar-refractivity contribution < 1.29 is 5.11 Å². The van der Waals surface area contributed by atoms with E-state index < -0.39 is 0 Å². The Hall–Kier alpha value is -2.17. The van der Waals surface area contributed by atoms with Gasteiger partial charge in [0.15, 0.2) is 0 Å². The third kappa shape index (κ3) is 3.60. The Balaban J connectivity index is 1.46. The predicted octanol–water partition coefficient (Wildman–Crippen LogP) is 4.17. The smallest absolute Gasteiger partial charge is 0.0555 e. The average Bonchev–Trinajstić information content (AvgIpc) is 3.28. The van der Waals surface area contributed by atoms with Gasteiger partial charge in [0, 0.05) is 60.6 Å². The number of hydrogen-bond donors (Lipinski definition) is 1. The molecule has 1 fully saturated rings. The van der Waals surface area contributed by atoms with Crippen LogP contribution in [0.15, 0.2) is 36.5 Å². The molecule has 0 spiro atoms. The van der Waals surface area contributed by atoms with Gasteiger partial charge in [0.1, 0.15) is 0 Å². The summed E-state index contributed by atoms with van der Waals surface area (Å²) < 4.78 is 2.56. The van der Waals surface area contributed by atoms with Crippen LogP contribution in [0, 0.1) is 13.8 Å². The van der Waals surface area contributed by atoms with Crippen molar-refractivity contribution in [2.45, 2.75) is 71.2 Å². The number of fused-ring (bicyclic) bond motifs is 3. The van der Waals surface area contributed by atoms with E-state index >= 15 is 0 Å². The molecule has 152 valence electrons. The summed E-state index contributed by atoms with van der Waals surface area (Å²) in [6.45, 7) is 7.35. The molecule has 29 heavy (non-hydrogen) atoms. The number of rotatable bonds is 4. The van der Waals surface area contributed by atoms with Crippen LogP contribution < -0.4 is 0 Å². The number of nitrogens with zero attached hydrogens (tertiary/aromatic N) is 3. The van der Waals surface area contributed by atoms with Crippen LogP contribution in [0.4, 0.5) is 0 Å². The first kappa shape index (κ1) is 18.8. The summed E-state index contributed by atoms with van der Waals surface area (Å²) in [4.78, 5) is 7.08. The van der Waals surface area contributed by atoms with Gasteiger partial charge in [0.05, 0.1) is 6.10 Å². The Morgan fingerprint density at radius 3 is 2.79 bits per heavy atom. The lowest BCUT2D eigenvalue weighted by molar-refractivity contribution is 0.142. The van der Waals surface area contributed by atoms with Crippen LogP contribution in [0.1, 0.15) is 47.3 Å². The first-order chi connectivity index (χ1) is 14.1. The number of hydrogen-bond acceptors (Lipinski definition) is 3. The molecule has 1 aliphatic carbocycles. The van der Waals surface area contributed by atoms with E-state index in [1.54, 1.807) is 0 Å². The van der Waals surface area contributed by atoms with E-state index in [-0.39, 0.29) is 6.10 Å². The summed E-state index contributed by atoms with van der Waals surface area (Å²) in [6.07, 6.45) is 7.05. The number of aliphatic hydroxyl groups is 1. The molecule has 3 heterocycles. The van der Waals surface area contributed by atoms with Gasteiger partial charge in [-0.25, -0.2) is 0 Å². The minimum Gasteiger partial charge on any atom is -0.393 e. The third-order valence-electron chi connectivity index (χ3n) is 6.93. The van der Waals surface area contributed by atoms with E-state index in [1.807, 2.05) is 13.1 Å². The van der Waals surface area contributed by atoms with Crippen molar-refractivity contribution in [2.75, 3.05) is 6.54 Å². The zero-order valence-electron chi connectivity index (χ0n) is 17.6. The summed E-state index contributed by atoms with van der Waals surface area (Å²) in [6, 6.07) is 11.8. The molecule has 0 amide bonds. The van der Waals surface area contributed by atoms with E-state index in [1.165, 1.54) is 33.3 Å². The highest BCUT2D eigenvalue weighted by Crippen LogP contribution is 2.35. The number of pyridine rings is 1. The van der Waals surface area contributed by atoms with Gasteiger partial charge in [-0.05, 0) is 68.9 Å². The van der Waals surface area contributed by atoms with Crippen molar-refractivity contribution in [3.05, 3.63) is 64.6 Å². The van der Waals surface area contributed by atoms with Gasteiger partial charge in [0.25, 0.3) is 0 Å². The molecule has 0 bridgehead atoms. The molecule has 5 rings (SSSR count). The minimum absolute atomic E-state index is 0.104. The maximum Gasteiger partial charge on any atom is 0.0555 e. The lowest BCUT2D eigenvalue weighted by Gasteiger charge is -2.33. The van der Waals surface area contributed by atoms with E-state index in [0.717, 1.165) is 57.4 Å². The summed E-state index contributed by atoms with van der Waals surface area (Å²) in [5, 5.41) is 11.4. The minimum atomic E-state index is -0.104. The second-order valence-corrected chi connectivity index (χ2v) is 9.00. The second-order valence-electron chi connectivity index (χ2n) is 9.00. The normalized spacial score (nSPS) is 22.3. The highest BCUT2D eigenvalue weighted by atomic mass is 16.3. The number of aliphatic hydroxyl groups excluding tert-OH is 1. The molecule has 4 heteroatoms. The molecule has 4 nitrogen and oxygen atoms in total. The van der Waals surface area contributed by atoms with Gasteiger partial charge in [-0.3, -0.25) is 9.88 Å². The summed E-state index contributed by atoms with van der Waals surface area (Å²) in [5.41, 5.74) is 8.10. The second kappa shape index (κ2) is 7.58. The maximum atomic E-state index is 10.00. The Morgan fingerprint density at radius 1 is 1.14 bits per heavy atom. The van der Waals surface area contributed by atoms with Crippen molar-refractivity contribution in [2.24, 2.45) is 0 Å². The van der Waals surface area contributed by atoms with E-state index in [4.69, 9.17) is 0 Å². The zero-order chi connectivity index (χ0) is 20.0. The molecule has 2 unspecified atom stereocenters. The third-order valence-corrected chi connectivity index (χ3v) is 6.93. The highest BCUT2D eigenvalue weighted by molar-refractivity contribution is 5.86. The SMILES string of the molecule is Cc1ccc2c(c1)c1c(n2CCc2ccc(C)nc2)CCN(C2CCC(O)C2)C1. The van der Waals surface area contributed by atoms with Gasteiger partial charge >= 0.3 is 0 Å². The topological polar surface area (TPSA) is 41.3 Å². The van der Waals surface area contributed by atoms with Crippen molar-refractivity contribution in [1.29, 1.82) is 0 Å². The number of aryl methyl sites for hydroxylation is 4. The van der Waals surface area contributed by atoms with Crippen LogP contribution in [0.3, 0.4) is 0 Å². The summed E-state index contributed by atoms with van der Waals surface area (Å²) in [5.74, 6) is 0. The summed E-state index contributed by atoms with van der Waals surface area (Å²) >= 11 is 0. The monoisotopic (exact) mass is 389 g/mol. The fourth-order valence-electron chi connectivity index (χ4n) is 5.31. The quantitative estimate of drug-likeness (QED) is 0.728. The van der Waals surface area contributed by atoms with Crippen molar-refractivity contribution in [3.63, 3.8) is 0 Å². The Bertz CT molecular complexity index is 1020. The van der Waals surface area contributed by atoms with Crippen LogP contribution in [0.2, 0.25) is 0 Å². The van der Waals surface area contributed by atoms with E-state index in [9.17, 15) is 5.11 Å². The summed E-state index contributed by atoms with van der Waals surface area (Å²) in [7, 11) is 0. The molecule has 1 aliphatic heterocycles. The van der Waals surface area contributed by atoms with Gasteiger partial charge in [-0.1, -0.05) is 17.7 Å². The standard InChI is InChI=1S/C25H31N3O/c1-17-3-8-24-22(13-17)23-16-27(20-6-7-21(29)14-20)11-10-25(23)28(24)12-9-19-5-4-18(2)26-15-19/h3-5,8,13,15,20-21,29H,6-7,9-12,14,16H2,1-2H3. The van der Waals surface area contributed by atoms with Crippen molar-refractivity contribution in [1.82, 2.24) is 14.5 Å². The zero-order valence-corrected chi connectivity index (χ0v) is 17.6. The first-order valence-electron chi connectivity index (χ1n) is 11.0.